The van der Waals surface area contributed by atoms with Crippen LogP contribution < -0.4 is 11.2 Å². The van der Waals surface area contributed by atoms with Crippen LogP contribution in [0.3, 0.4) is 0 Å². The molecule has 1 amide bonds. The zero-order chi connectivity index (χ0) is 26.5. The van der Waals surface area contributed by atoms with Gasteiger partial charge in [0.05, 0.1) is 37.3 Å². The number of carbonyl (C=O) groups is 1. The smallest absolute Gasteiger partial charge is 0.436 e. The van der Waals surface area contributed by atoms with Crippen molar-refractivity contribution in [3.63, 3.8) is 0 Å². The van der Waals surface area contributed by atoms with E-state index in [0.29, 0.717) is 17.8 Å². The molecule has 5 rings (SSSR count). The highest BCUT2D eigenvalue weighted by Gasteiger charge is 2.34. The van der Waals surface area contributed by atoms with Crippen molar-refractivity contribution in [1.29, 1.82) is 0 Å². The van der Waals surface area contributed by atoms with Crippen LogP contribution in [-0.2, 0) is 34.1 Å². The molecule has 2 aromatic carbocycles. The van der Waals surface area contributed by atoms with Gasteiger partial charge in [0, 0.05) is 12.6 Å². The molecule has 196 valence electrons. The van der Waals surface area contributed by atoms with Crippen molar-refractivity contribution in [2.45, 2.75) is 32.4 Å². The molecular weight excluding hydrogens is 499 g/mol. The lowest BCUT2D eigenvalue weighted by Gasteiger charge is -2.23. The highest BCUT2D eigenvalue weighted by Crippen LogP contribution is 2.24. The first-order chi connectivity index (χ1) is 18.5. The van der Waals surface area contributed by atoms with Gasteiger partial charge in [-0.05, 0) is 29.8 Å². The van der Waals surface area contributed by atoms with Crippen molar-refractivity contribution in [2.24, 2.45) is 0 Å². The molecule has 3 heterocycles. The Morgan fingerprint density at radius 2 is 1.84 bits per heavy atom. The van der Waals surface area contributed by atoms with E-state index in [9.17, 15) is 18.8 Å². The summed E-state index contributed by atoms with van der Waals surface area (Å²) in [4.78, 5) is 45.3. The van der Waals surface area contributed by atoms with Gasteiger partial charge in [0.15, 0.2) is 0 Å². The number of ether oxygens (including phenoxy) is 2. The van der Waals surface area contributed by atoms with Crippen LogP contribution in [-0.4, -0.2) is 42.3 Å². The lowest BCUT2D eigenvalue weighted by molar-refractivity contribution is -0.126. The van der Waals surface area contributed by atoms with Gasteiger partial charge >= 0.3 is 11.8 Å². The van der Waals surface area contributed by atoms with Crippen LogP contribution >= 0.6 is 0 Å². The predicted octanol–water partition coefficient (Wildman–Crippen LogP) is 2.45. The summed E-state index contributed by atoms with van der Waals surface area (Å²) >= 11 is 0. The molecule has 1 N–H and O–H groups in total. The number of aromatic amines is 1. The molecule has 12 nitrogen and oxygen atoms in total. The molecule has 1 fully saturated rings. The molecule has 13 heteroatoms. The molecule has 0 radical (unpaired) electrons. The number of aromatic nitrogens is 5. The average molecular weight is 522 g/mol. The van der Waals surface area contributed by atoms with Crippen molar-refractivity contribution in [3.05, 3.63) is 110 Å². The summed E-state index contributed by atoms with van der Waals surface area (Å²) in [7, 11) is 0. The minimum atomic E-state index is -0.808. The van der Waals surface area contributed by atoms with Crippen molar-refractivity contribution in [3.8, 4) is 5.69 Å². The lowest BCUT2D eigenvalue weighted by Crippen LogP contribution is -2.40. The third-order valence-corrected chi connectivity index (χ3v) is 5.76. The third-order valence-electron chi connectivity index (χ3n) is 5.76. The van der Waals surface area contributed by atoms with Crippen LogP contribution in [0.1, 0.15) is 29.4 Å². The number of hydrogen-bond acceptors (Lipinski definition) is 8. The van der Waals surface area contributed by atoms with Crippen LogP contribution in [0.4, 0.5) is 9.18 Å². The fourth-order valence-corrected chi connectivity index (χ4v) is 3.87. The van der Waals surface area contributed by atoms with E-state index in [1.165, 1.54) is 27.6 Å². The predicted molar refractivity (Wildman–Crippen MR) is 129 cm³/mol. The SMILES string of the molecule is O=C(OCc1ccccc1)N1OCCC1n1cc(COCc2cn(-c3ccc(F)cc3)nn2)c(=O)[nH]c1=O. The maximum atomic E-state index is 13.1. The molecule has 1 atom stereocenters. The largest absolute Gasteiger partial charge is 0.443 e. The fraction of sp³-hybridized carbons (Fsp3) is 0.240. The first-order valence-electron chi connectivity index (χ1n) is 11.7. The van der Waals surface area contributed by atoms with E-state index in [1.807, 2.05) is 30.3 Å². The Labute approximate surface area is 214 Å². The standard InChI is InChI=1S/C25H23FN6O6/c26-19-6-8-21(9-7-19)31-13-20(28-29-31)16-36-15-18-12-30(24(34)27-23(18)33)22-10-11-38-32(22)25(35)37-14-17-4-2-1-3-5-17/h1-9,12-13,22H,10-11,14-16H2,(H,27,33,34). The van der Waals surface area contributed by atoms with E-state index < -0.39 is 23.5 Å². The van der Waals surface area contributed by atoms with Crippen molar-refractivity contribution in [2.75, 3.05) is 6.61 Å². The van der Waals surface area contributed by atoms with Gasteiger partial charge in [-0.1, -0.05) is 35.5 Å². The number of H-pyrrole nitrogens is 1. The molecule has 4 aromatic rings. The van der Waals surface area contributed by atoms with E-state index in [4.69, 9.17) is 14.3 Å². The fourth-order valence-electron chi connectivity index (χ4n) is 3.87. The van der Waals surface area contributed by atoms with Gasteiger partial charge in [-0.25, -0.2) is 18.7 Å². The van der Waals surface area contributed by atoms with Gasteiger partial charge in [-0.2, -0.15) is 5.06 Å². The Hall–Kier alpha value is -4.62. The van der Waals surface area contributed by atoms with Gasteiger partial charge in [0.2, 0.25) is 0 Å². The Bertz CT molecular complexity index is 1520. The number of halogens is 1. The Morgan fingerprint density at radius 1 is 1.05 bits per heavy atom. The van der Waals surface area contributed by atoms with Crippen LogP contribution in [0.5, 0.6) is 0 Å². The molecule has 1 unspecified atom stereocenters. The van der Waals surface area contributed by atoms with Crippen molar-refractivity contribution < 1.29 is 23.5 Å². The minimum absolute atomic E-state index is 0.0320. The minimum Gasteiger partial charge on any atom is -0.443 e. The molecule has 0 bridgehead atoms. The van der Waals surface area contributed by atoms with Crippen LogP contribution in [0.25, 0.3) is 5.69 Å². The summed E-state index contributed by atoms with van der Waals surface area (Å²) in [6, 6.07) is 14.9. The van der Waals surface area contributed by atoms with Gasteiger partial charge in [0.25, 0.3) is 5.56 Å². The number of benzene rings is 2. The summed E-state index contributed by atoms with van der Waals surface area (Å²) in [5.41, 5.74) is 0.764. The van der Waals surface area contributed by atoms with Crippen LogP contribution in [0.15, 0.2) is 76.6 Å². The number of nitrogens with one attached hydrogen (secondary N) is 1. The number of hydroxylamine groups is 2. The van der Waals surface area contributed by atoms with E-state index >= 15 is 0 Å². The highest BCUT2D eigenvalue weighted by molar-refractivity contribution is 5.66. The summed E-state index contributed by atoms with van der Waals surface area (Å²) < 4.78 is 26.8. The first-order valence-corrected chi connectivity index (χ1v) is 11.7. The van der Waals surface area contributed by atoms with Gasteiger partial charge in [0.1, 0.15) is 24.3 Å². The molecule has 2 aromatic heterocycles. The molecule has 1 saturated heterocycles. The first kappa shape index (κ1) is 25.0. The molecule has 0 aliphatic carbocycles. The monoisotopic (exact) mass is 522 g/mol. The Kier molecular flexibility index (Phi) is 7.38. The maximum Gasteiger partial charge on any atom is 0.436 e. The number of carbonyl (C=O) groups excluding carboxylic acids is 1. The average Bonchev–Trinajstić information content (AvgIpc) is 3.60. The summed E-state index contributed by atoms with van der Waals surface area (Å²) in [5, 5.41) is 8.98. The third kappa shape index (κ3) is 5.68. The maximum absolute atomic E-state index is 13.1. The second-order valence-corrected chi connectivity index (χ2v) is 8.41. The molecule has 38 heavy (non-hydrogen) atoms. The van der Waals surface area contributed by atoms with Crippen molar-refractivity contribution >= 4 is 6.09 Å². The molecule has 1 aliphatic heterocycles. The van der Waals surface area contributed by atoms with Crippen LogP contribution in [0.2, 0.25) is 0 Å². The molecule has 1 aliphatic rings. The highest BCUT2D eigenvalue weighted by atomic mass is 19.1. The Balaban J connectivity index is 1.23. The quantitative estimate of drug-likeness (QED) is 0.373. The normalized spacial score (nSPS) is 15.1. The van der Waals surface area contributed by atoms with Gasteiger partial charge in [-0.15, -0.1) is 5.10 Å². The Morgan fingerprint density at radius 3 is 2.63 bits per heavy atom. The summed E-state index contributed by atoms with van der Waals surface area (Å²) in [6.45, 7) is 0.124. The topological polar surface area (TPSA) is 134 Å². The molecule has 0 spiro atoms. The number of nitrogens with zero attached hydrogens (tertiary/aromatic N) is 5. The summed E-state index contributed by atoms with van der Waals surface area (Å²) in [6.07, 6.45) is 1.72. The van der Waals surface area contributed by atoms with E-state index in [0.717, 1.165) is 10.6 Å². The summed E-state index contributed by atoms with van der Waals surface area (Å²) in [5.74, 6) is -0.361. The lowest BCUT2D eigenvalue weighted by atomic mass is 10.2. The van der Waals surface area contributed by atoms with Crippen molar-refractivity contribution in [1.82, 2.24) is 29.6 Å². The van der Waals surface area contributed by atoms with E-state index in [2.05, 4.69) is 15.3 Å². The number of hydrogen-bond donors (Lipinski definition) is 1. The zero-order valence-corrected chi connectivity index (χ0v) is 20.0. The van der Waals surface area contributed by atoms with E-state index in [-0.39, 0.29) is 37.8 Å². The number of amides is 1. The van der Waals surface area contributed by atoms with Crippen LogP contribution in [0, 0.1) is 5.82 Å². The van der Waals surface area contributed by atoms with Gasteiger partial charge < -0.3 is 9.47 Å². The second-order valence-electron chi connectivity index (χ2n) is 8.41. The molecular formula is C25H23FN6O6. The zero-order valence-electron chi connectivity index (χ0n) is 20.0. The van der Waals surface area contributed by atoms with Gasteiger partial charge in [-0.3, -0.25) is 19.2 Å². The van der Waals surface area contributed by atoms with E-state index in [1.54, 1.807) is 18.3 Å². The second kappa shape index (κ2) is 11.2. The molecule has 0 saturated carbocycles. The number of rotatable bonds is 8.